The van der Waals surface area contributed by atoms with Crippen molar-refractivity contribution in [3.8, 4) is 0 Å². The number of ketones is 1. The Labute approximate surface area is 145 Å². The number of rotatable bonds is 4. The zero-order valence-electron chi connectivity index (χ0n) is 14.6. The summed E-state index contributed by atoms with van der Waals surface area (Å²) < 4.78 is 0. The smallest absolute Gasteiger partial charge is 0.171 e. The maximum Gasteiger partial charge on any atom is 0.171 e. The van der Waals surface area contributed by atoms with E-state index in [0.717, 1.165) is 22.2 Å². The van der Waals surface area contributed by atoms with Crippen molar-refractivity contribution in [1.29, 1.82) is 0 Å². The van der Waals surface area contributed by atoms with Crippen LogP contribution in [-0.2, 0) is 0 Å². The van der Waals surface area contributed by atoms with Crippen LogP contribution in [0.25, 0.3) is 16.6 Å². The minimum atomic E-state index is -0.502. The fraction of sp³-hybridized carbons (Fsp3) is 0.211. The van der Waals surface area contributed by atoms with Crippen LogP contribution in [0.2, 0.25) is 0 Å². The molecule has 0 spiro atoms. The van der Waals surface area contributed by atoms with Crippen LogP contribution in [0, 0.1) is 5.41 Å². The van der Waals surface area contributed by atoms with E-state index in [0.29, 0.717) is 17.1 Å². The van der Waals surface area contributed by atoms with Crippen molar-refractivity contribution in [2.75, 3.05) is 5.73 Å². The summed E-state index contributed by atoms with van der Waals surface area (Å²) in [6.07, 6.45) is 6.81. The maximum atomic E-state index is 12.4. The Kier molecular flexibility index (Phi) is 4.04. The summed E-state index contributed by atoms with van der Waals surface area (Å²) in [6.45, 7) is 9.63. The summed E-state index contributed by atoms with van der Waals surface area (Å²) in [5.41, 5.74) is 8.83. The van der Waals surface area contributed by atoms with Crippen molar-refractivity contribution in [3.05, 3.63) is 48.4 Å². The van der Waals surface area contributed by atoms with Crippen molar-refractivity contribution in [2.45, 2.75) is 20.8 Å². The van der Waals surface area contributed by atoms with Crippen LogP contribution in [0.3, 0.4) is 0 Å². The number of pyridine rings is 1. The number of aromatic amines is 2. The van der Waals surface area contributed by atoms with Gasteiger partial charge in [-0.1, -0.05) is 27.4 Å². The largest absolute Gasteiger partial charge is 0.395 e. The Morgan fingerprint density at radius 3 is 2.72 bits per heavy atom. The highest BCUT2D eigenvalue weighted by molar-refractivity contribution is 6.14. The Balaban J connectivity index is 1.86. The van der Waals surface area contributed by atoms with Crippen molar-refractivity contribution in [3.63, 3.8) is 0 Å². The maximum absolute atomic E-state index is 12.4. The van der Waals surface area contributed by atoms with Crippen LogP contribution in [-0.4, -0.2) is 26.9 Å². The number of anilines is 1. The van der Waals surface area contributed by atoms with Crippen LogP contribution >= 0.6 is 0 Å². The number of nitrogens with two attached hydrogens (primary N) is 1. The van der Waals surface area contributed by atoms with Crippen molar-refractivity contribution < 1.29 is 4.79 Å². The van der Waals surface area contributed by atoms with Gasteiger partial charge in [0.25, 0.3) is 0 Å². The quantitative estimate of drug-likeness (QED) is 0.494. The van der Waals surface area contributed by atoms with Gasteiger partial charge in [-0.25, -0.2) is 9.98 Å². The molecule has 3 aromatic heterocycles. The van der Waals surface area contributed by atoms with E-state index < -0.39 is 5.41 Å². The van der Waals surface area contributed by atoms with Gasteiger partial charge < -0.3 is 15.7 Å². The molecule has 3 aromatic rings. The highest BCUT2D eigenvalue weighted by atomic mass is 16.1. The van der Waals surface area contributed by atoms with E-state index in [9.17, 15) is 4.79 Å². The molecule has 6 heteroatoms. The molecule has 0 fully saturated rings. The number of allylic oxidation sites excluding steroid dienone is 1. The Morgan fingerprint density at radius 2 is 2.00 bits per heavy atom. The number of nitrogens with zero attached hydrogens (tertiary/aromatic N) is 2. The summed E-state index contributed by atoms with van der Waals surface area (Å²) >= 11 is 0. The number of nitrogens with one attached hydrogen (secondary N) is 2. The number of nitrogen functional groups attached to an aromatic ring is 1. The molecule has 0 aliphatic carbocycles. The second kappa shape index (κ2) is 6.05. The molecule has 0 saturated carbocycles. The first-order chi connectivity index (χ1) is 11.8. The van der Waals surface area contributed by atoms with Gasteiger partial charge in [0, 0.05) is 41.2 Å². The van der Waals surface area contributed by atoms with Crippen LogP contribution in [0.5, 0.6) is 0 Å². The number of fused-ring (bicyclic) bond motifs is 1. The second-order valence-electron chi connectivity index (χ2n) is 6.93. The van der Waals surface area contributed by atoms with Gasteiger partial charge in [0.1, 0.15) is 5.65 Å². The number of carbonyl (C=O) groups excluding carboxylic acids is 1. The normalized spacial score (nSPS) is 12.1. The lowest BCUT2D eigenvalue weighted by molar-refractivity contribution is 0.0859. The van der Waals surface area contributed by atoms with E-state index in [1.165, 1.54) is 0 Å². The molecule has 4 N–H and O–H groups in total. The van der Waals surface area contributed by atoms with Gasteiger partial charge in [-0.15, -0.1) is 0 Å². The van der Waals surface area contributed by atoms with E-state index in [-0.39, 0.29) is 5.78 Å². The Morgan fingerprint density at radius 1 is 1.28 bits per heavy atom. The monoisotopic (exact) mass is 335 g/mol. The summed E-state index contributed by atoms with van der Waals surface area (Å²) in [6, 6.07) is 3.84. The van der Waals surface area contributed by atoms with Crippen molar-refractivity contribution in [1.82, 2.24) is 15.0 Å². The number of carbonyl (C=O) groups is 1. The zero-order valence-corrected chi connectivity index (χ0v) is 14.6. The lowest BCUT2D eigenvalue weighted by Gasteiger charge is -2.15. The molecule has 6 nitrogen and oxygen atoms in total. The minimum absolute atomic E-state index is 0.0239. The van der Waals surface area contributed by atoms with Crippen LogP contribution in [0.4, 0.5) is 11.5 Å². The Bertz CT molecular complexity index is 985. The van der Waals surface area contributed by atoms with E-state index >= 15 is 0 Å². The van der Waals surface area contributed by atoms with Gasteiger partial charge in [0.15, 0.2) is 11.6 Å². The fourth-order valence-electron chi connectivity index (χ4n) is 2.56. The number of aromatic nitrogens is 3. The van der Waals surface area contributed by atoms with Crippen LogP contribution < -0.4 is 5.73 Å². The lowest BCUT2D eigenvalue weighted by atomic mass is 9.87. The van der Waals surface area contributed by atoms with E-state index in [1.807, 2.05) is 39.1 Å². The molecule has 25 heavy (non-hydrogen) atoms. The summed E-state index contributed by atoms with van der Waals surface area (Å²) in [5.74, 6) is 0.427. The number of Topliss-reactive ketones (excluding diaryl/α,β-unsaturated/α-hetero) is 1. The molecule has 0 aliphatic rings. The first-order valence-corrected chi connectivity index (χ1v) is 7.96. The number of hydrogen-bond acceptors (Lipinski definition) is 4. The topological polar surface area (TPSA) is 99.9 Å². The number of aliphatic imine (C=N–C) groups is 1. The van der Waals surface area contributed by atoms with Crippen molar-refractivity contribution >= 4 is 40.1 Å². The molecule has 0 saturated heterocycles. The number of hydrogen-bond donors (Lipinski definition) is 3. The van der Waals surface area contributed by atoms with E-state index in [1.54, 1.807) is 18.6 Å². The minimum Gasteiger partial charge on any atom is -0.395 e. The molecular formula is C19H21N5O. The molecule has 0 radical (unpaired) electrons. The third-order valence-electron chi connectivity index (χ3n) is 3.97. The van der Waals surface area contributed by atoms with E-state index in [4.69, 9.17) is 5.73 Å². The van der Waals surface area contributed by atoms with Gasteiger partial charge in [0.05, 0.1) is 11.3 Å². The highest BCUT2D eigenvalue weighted by Gasteiger charge is 2.26. The van der Waals surface area contributed by atoms with Gasteiger partial charge in [-0.3, -0.25) is 4.79 Å². The number of H-pyrrole nitrogens is 2. The first-order valence-electron chi connectivity index (χ1n) is 7.96. The van der Waals surface area contributed by atoms with Gasteiger partial charge in [-0.05, 0) is 17.7 Å². The molecule has 0 aliphatic heterocycles. The van der Waals surface area contributed by atoms with Crippen molar-refractivity contribution in [2.24, 2.45) is 10.4 Å². The predicted octanol–water partition coefficient (Wildman–Crippen LogP) is 4.12. The third-order valence-corrected chi connectivity index (χ3v) is 3.97. The Hall–Kier alpha value is -3.15. The zero-order chi connectivity index (χ0) is 18.2. The third kappa shape index (κ3) is 3.10. The second-order valence-corrected chi connectivity index (χ2v) is 6.93. The SMILES string of the molecule is C=C(C=Nc1[nH]cc(C(=O)C(C)(C)C)c1N)c1c[nH]c2ncccc12. The molecule has 0 unspecified atom stereocenters. The summed E-state index contributed by atoms with van der Waals surface area (Å²) in [4.78, 5) is 27.1. The van der Waals surface area contributed by atoms with Gasteiger partial charge in [-0.2, -0.15) is 0 Å². The fourth-order valence-corrected chi connectivity index (χ4v) is 2.56. The molecule has 0 amide bonds. The highest BCUT2D eigenvalue weighted by Crippen LogP contribution is 2.31. The molecular weight excluding hydrogens is 314 g/mol. The molecule has 3 rings (SSSR count). The van der Waals surface area contributed by atoms with Gasteiger partial charge in [0.2, 0.25) is 0 Å². The first kappa shape index (κ1) is 16.7. The average Bonchev–Trinajstić information content (AvgIpc) is 3.15. The van der Waals surface area contributed by atoms with Crippen LogP contribution in [0.15, 0.2) is 42.3 Å². The molecule has 0 atom stereocenters. The standard InChI is InChI=1S/C19H21N5O/c1-11(13-9-23-17-12(13)6-5-7-21-17)8-22-18-15(20)14(10-24-18)16(25)19(2,3)4/h5-10,24H,1,20H2,2-4H3,(H,21,23). The molecule has 128 valence electrons. The van der Waals surface area contributed by atoms with Gasteiger partial charge >= 0.3 is 0 Å². The molecule has 3 heterocycles. The van der Waals surface area contributed by atoms with Crippen LogP contribution in [0.1, 0.15) is 36.7 Å². The lowest BCUT2D eigenvalue weighted by Crippen LogP contribution is -2.20. The molecule has 0 bridgehead atoms. The predicted molar refractivity (Wildman–Crippen MR) is 102 cm³/mol. The molecule has 0 aromatic carbocycles. The van der Waals surface area contributed by atoms with E-state index in [2.05, 4.69) is 26.5 Å². The summed E-state index contributed by atoms with van der Waals surface area (Å²) in [7, 11) is 0. The summed E-state index contributed by atoms with van der Waals surface area (Å²) in [5, 5.41) is 0.974. The average molecular weight is 335 g/mol.